The van der Waals surface area contributed by atoms with E-state index in [2.05, 4.69) is 36.9 Å². The molecule has 0 bridgehead atoms. The standard InChI is InChI=1S/C9H7N2.C4H9.Y/c1-7-4-5-8-3-2-6-10-9(8)11-7;1-4(2)3;/h2-5H,1H3;1-3H3;/q2*-1;. The molecular formula is C13H16N2Y-2. The maximum atomic E-state index is 4.23. The molecule has 2 aromatic heterocycles. The Bertz CT molecular complexity index is 424. The van der Waals surface area contributed by atoms with Crippen LogP contribution in [0.5, 0.6) is 0 Å². The molecule has 2 rings (SSSR count). The number of hydrogen-bond donors (Lipinski definition) is 0. The monoisotopic (exact) mass is 289 g/mol. The molecule has 1 radical (unpaired) electrons. The number of aromatic nitrogens is 2. The first kappa shape index (κ1) is 15.7. The van der Waals surface area contributed by atoms with Crippen LogP contribution in [-0.4, -0.2) is 9.97 Å². The van der Waals surface area contributed by atoms with Crippen molar-refractivity contribution in [3.63, 3.8) is 0 Å². The van der Waals surface area contributed by atoms with Crippen molar-refractivity contribution in [2.45, 2.75) is 27.7 Å². The Hall–Kier alpha value is -0.336. The van der Waals surface area contributed by atoms with Gasteiger partial charge >= 0.3 is 0 Å². The largest absolute Gasteiger partial charge is 0.369 e. The van der Waals surface area contributed by atoms with E-state index < -0.39 is 0 Å². The zero-order chi connectivity index (χ0) is 11.3. The summed E-state index contributed by atoms with van der Waals surface area (Å²) in [6.07, 6.45) is 2.75. The number of fused-ring (bicyclic) bond motifs is 1. The van der Waals surface area contributed by atoms with Crippen LogP contribution in [0.4, 0.5) is 0 Å². The second kappa shape index (κ2) is 7.86. The maximum Gasteiger partial charge on any atom is 0.0453 e. The van der Waals surface area contributed by atoms with Gasteiger partial charge in [0.25, 0.3) is 0 Å². The topological polar surface area (TPSA) is 25.8 Å². The second-order valence-corrected chi connectivity index (χ2v) is 3.94. The van der Waals surface area contributed by atoms with Gasteiger partial charge in [-0.2, -0.15) is 32.9 Å². The molecule has 3 heteroatoms. The molecule has 2 nitrogen and oxygen atoms in total. The van der Waals surface area contributed by atoms with Crippen molar-refractivity contribution >= 4 is 11.0 Å². The van der Waals surface area contributed by atoms with E-state index in [9.17, 15) is 0 Å². The Morgan fingerprint density at radius 3 is 2.38 bits per heavy atom. The molecular weight excluding hydrogens is 273 g/mol. The summed E-state index contributed by atoms with van der Waals surface area (Å²) in [6.45, 7) is 8.20. The van der Waals surface area contributed by atoms with E-state index in [1.165, 1.54) is 5.92 Å². The van der Waals surface area contributed by atoms with Gasteiger partial charge in [0.2, 0.25) is 0 Å². The van der Waals surface area contributed by atoms with Gasteiger partial charge in [-0.3, -0.25) is 4.98 Å². The van der Waals surface area contributed by atoms with Crippen molar-refractivity contribution in [1.82, 2.24) is 9.97 Å². The van der Waals surface area contributed by atoms with Crippen molar-refractivity contribution in [2.75, 3.05) is 0 Å². The zero-order valence-electron chi connectivity index (χ0n) is 10.3. The molecule has 83 valence electrons. The molecule has 0 saturated carbocycles. The fraction of sp³-hybridized carbons (Fsp3) is 0.308. The smallest absolute Gasteiger partial charge is 0.0453 e. The van der Waals surface area contributed by atoms with Gasteiger partial charge in [-0.25, -0.2) is 0 Å². The summed E-state index contributed by atoms with van der Waals surface area (Å²) < 4.78 is 0. The first-order valence-corrected chi connectivity index (χ1v) is 4.97. The Morgan fingerprint density at radius 1 is 1.12 bits per heavy atom. The molecule has 0 aliphatic carbocycles. The average Bonchev–Trinajstić information content (AvgIpc) is 2.16. The van der Waals surface area contributed by atoms with E-state index in [1.54, 1.807) is 6.07 Å². The van der Waals surface area contributed by atoms with Crippen molar-refractivity contribution < 1.29 is 32.7 Å². The number of rotatable bonds is 0. The molecule has 2 aromatic rings. The van der Waals surface area contributed by atoms with E-state index in [0.29, 0.717) is 0 Å². The third-order valence-corrected chi connectivity index (χ3v) is 1.55. The molecule has 0 saturated heterocycles. The van der Waals surface area contributed by atoms with Crippen LogP contribution in [0.2, 0.25) is 0 Å². The van der Waals surface area contributed by atoms with E-state index >= 15 is 0 Å². The first-order chi connectivity index (χ1) is 7.09. The maximum absolute atomic E-state index is 4.23. The van der Waals surface area contributed by atoms with E-state index in [-0.39, 0.29) is 32.7 Å². The summed E-state index contributed by atoms with van der Waals surface area (Å²) in [5.41, 5.74) is 1.76. The van der Waals surface area contributed by atoms with Gasteiger partial charge in [0, 0.05) is 44.1 Å². The normalized spacial score (nSPS) is 9.31. The van der Waals surface area contributed by atoms with E-state index in [0.717, 1.165) is 16.7 Å². The molecule has 0 fully saturated rings. The van der Waals surface area contributed by atoms with E-state index in [4.69, 9.17) is 0 Å². The Kier molecular flexibility index (Phi) is 7.69. The number of pyridine rings is 2. The molecule has 0 spiro atoms. The molecule has 0 aliphatic heterocycles. The van der Waals surface area contributed by atoms with Gasteiger partial charge in [-0.05, 0) is 13.0 Å². The number of aryl methyl sites for hydroxylation is 1. The summed E-state index contributed by atoms with van der Waals surface area (Å²) >= 11 is 0. The molecule has 2 heterocycles. The predicted octanol–water partition coefficient (Wildman–Crippen LogP) is 3.36. The molecule has 0 amide bonds. The fourth-order valence-electron chi connectivity index (χ4n) is 0.999. The molecule has 0 unspecified atom stereocenters. The van der Waals surface area contributed by atoms with Crippen molar-refractivity contribution in [3.05, 3.63) is 42.1 Å². The van der Waals surface area contributed by atoms with Crippen molar-refractivity contribution in [3.8, 4) is 0 Å². The van der Waals surface area contributed by atoms with Gasteiger partial charge in [0.05, 0.1) is 0 Å². The second-order valence-electron chi connectivity index (χ2n) is 3.94. The van der Waals surface area contributed by atoms with Crippen LogP contribution in [0.3, 0.4) is 0 Å². The first-order valence-electron chi connectivity index (χ1n) is 4.97. The van der Waals surface area contributed by atoms with Gasteiger partial charge in [-0.15, -0.1) is 0 Å². The van der Waals surface area contributed by atoms with Gasteiger partial charge in [0.1, 0.15) is 0 Å². The summed E-state index contributed by atoms with van der Waals surface area (Å²) in [7, 11) is 0. The molecule has 16 heavy (non-hydrogen) atoms. The van der Waals surface area contributed by atoms with E-state index in [1.807, 2.05) is 25.1 Å². The quantitative estimate of drug-likeness (QED) is 0.695. The third-order valence-electron chi connectivity index (χ3n) is 1.55. The molecule has 0 aliphatic rings. The Labute approximate surface area is 123 Å². The van der Waals surface area contributed by atoms with Gasteiger partial charge in [-0.1, -0.05) is 17.6 Å². The minimum absolute atomic E-state index is 0. The van der Waals surface area contributed by atoms with Crippen LogP contribution in [-0.2, 0) is 32.7 Å². The molecule has 0 atom stereocenters. The van der Waals surface area contributed by atoms with Crippen LogP contribution in [0.25, 0.3) is 11.0 Å². The van der Waals surface area contributed by atoms with Crippen molar-refractivity contribution in [2.24, 2.45) is 0 Å². The minimum atomic E-state index is 0. The predicted molar refractivity (Wildman–Crippen MR) is 63.4 cm³/mol. The van der Waals surface area contributed by atoms with Crippen LogP contribution < -0.4 is 0 Å². The third kappa shape index (κ3) is 5.67. The fourth-order valence-corrected chi connectivity index (χ4v) is 0.999. The number of nitrogens with zero attached hydrogens (tertiary/aromatic N) is 2. The average molecular weight is 289 g/mol. The van der Waals surface area contributed by atoms with Crippen LogP contribution >= 0.6 is 0 Å². The van der Waals surface area contributed by atoms with Crippen LogP contribution in [0.15, 0.2) is 24.3 Å². The summed E-state index contributed by atoms with van der Waals surface area (Å²) in [6, 6.07) is 7.73. The molecule has 0 N–H and O–H groups in total. The zero-order valence-corrected chi connectivity index (χ0v) is 13.1. The molecule has 0 aromatic carbocycles. The van der Waals surface area contributed by atoms with Crippen molar-refractivity contribution in [1.29, 1.82) is 0 Å². The SMILES string of the molecule is C[C-](C)C.Cc1ccc2cc[c-]nc2n1.[Y]. The summed E-state index contributed by atoms with van der Waals surface area (Å²) in [4.78, 5) is 8.24. The van der Waals surface area contributed by atoms with Gasteiger partial charge < -0.3 is 10.9 Å². The Balaban J connectivity index is 0.000000397. The van der Waals surface area contributed by atoms with Crippen LogP contribution in [0.1, 0.15) is 26.5 Å². The minimum Gasteiger partial charge on any atom is -0.369 e. The summed E-state index contributed by atoms with van der Waals surface area (Å²) in [5, 5.41) is 1.06. The van der Waals surface area contributed by atoms with Gasteiger partial charge in [0.15, 0.2) is 0 Å². The van der Waals surface area contributed by atoms with Crippen LogP contribution in [0, 0.1) is 19.0 Å². The summed E-state index contributed by atoms with van der Waals surface area (Å²) in [5.74, 6) is 1.42. The Morgan fingerprint density at radius 2 is 1.75 bits per heavy atom. The number of hydrogen-bond acceptors (Lipinski definition) is 2.